The first-order valence-electron chi connectivity index (χ1n) is 7.14. The van der Waals surface area contributed by atoms with Crippen LogP contribution in [-0.2, 0) is 4.74 Å². The van der Waals surface area contributed by atoms with Gasteiger partial charge in [-0.3, -0.25) is 14.7 Å². The van der Waals surface area contributed by atoms with Gasteiger partial charge in [0.05, 0.1) is 25.0 Å². The molecule has 21 heavy (non-hydrogen) atoms. The Kier molecular flexibility index (Phi) is 5.39. The van der Waals surface area contributed by atoms with Crippen LogP contribution in [0.4, 0.5) is 4.39 Å². The normalized spacial score (nSPS) is 24.8. The molecule has 1 aromatic heterocycles. The number of ketones is 1. The molecule has 0 aromatic carbocycles. The molecule has 0 bridgehead atoms. The minimum atomic E-state index is -0.452. The van der Waals surface area contributed by atoms with E-state index in [0.717, 1.165) is 12.7 Å². The molecule has 0 saturated carbocycles. The molecular weight excluding hydrogens is 275 g/mol. The molecule has 1 aromatic rings. The third kappa shape index (κ3) is 4.30. The van der Waals surface area contributed by atoms with Gasteiger partial charge >= 0.3 is 0 Å². The molecule has 6 heteroatoms. The summed E-state index contributed by atoms with van der Waals surface area (Å²) < 4.78 is 18.4. The first-order chi connectivity index (χ1) is 9.99. The van der Waals surface area contributed by atoms with E-state index in [1.165, 1.54) is 12.1 Å². The molecular formula is C15H21FN2O3. The van der Waals surface area contributed by atoms with Gasteiger partial charge in [-0.1, -0.05) is 6.92 Å². The number of Topliss-reactive ketones (excluding diaryl/α,β-unsaturated/α-hetero) is 1. The predicted molar refractivity (Wildman–Crippen MR) is 75.6 cm³/mol. The minimum Gasteiger partial charge on any atom is -0.394 e. The topological polar surface area (TPSA) is 62.7 Å². The van der Waals surface area contributed by atoms with E-state index in [2.05, 4.69) is 9.88 Å². The number of aliphatic hydroxyl groups is 1. The average molecular weight is 296 g/mol. The number of aliphatic hydroxyl groups excluding tert-OH is 1. The second kappa shape index (κ2) is 7.06. The monoisotopic (exact) mass is 296 g/mol. The summed E-state index contributed by atoms with van der Waals surface area (Å²) in [6.07, 6.45) is 0.876. The van der Waals surface area contributed by atoms with Crippen molar-refractivity contribution in [1.29, 1.82) is 0 Å². The number of aromatic nitrogens is 1. The molecule has 0 aliphatic carbocycles. The van der Waals surface area contributed by atoms with Gasteiger partial charge in [-0.25, -0.2) is 4.39 Å². The van der Waals surface area contributed by atoms with Crippen LogP contribution in [0.2, 0.25) is 0 Å². The molecule has 1 fully saturated rings. The molecule has 3 atom stereocenters. The van der Waals surface area contributed by atoms with Gasteiger partial charge in [0.2, 0.25) is 0 Å². The molecule has 1 aliphatic rings. The summed E-state index contributed by atoms with van der Waals surface area (Å²) >= 11 is 0. The van der Waals surface area contributed by atoms with Crippen LogP contribution in [0.15, 0.2) is 18.3 Å². The molecule has 5 nitrogen and oxygen atoms in total. The Labute approximate surface area is 123 Å². The summed E-state index contributed by atoms with van der Waals surface area (Å²) in [6, 6.07) is 2.65. The second-order valence-electron chi connectivity index (χ2n) is 5.60. The lowest BCUT2D eigenvalue weighted by molar-refractivity contribution is -0.0966. The summed E-state index contributed by atoms with van der Waals surface area (Å²) in [4.78, 5) is 18.2. The van der Waals surface area contributed by atoms with Crippen molar-refractivity contribution in [3.63, 3.8) is 0 Å². The van der Waals surface area contributed by atoms with Crippen LogP contribution in [0.5, 0.6) is 0 Å². The van der Waals surface area contributed by atoms with Crippen molar-refractivity contribution in [3.05, 3.63) is 29.8 Å². The number of nitrogens with zero attached hydrogens (tertiary/aromatic N) is 2. The van der Waals surface area contributed by atoms with Crippen LogP contribution in [0.1, 0.15) is 24.3 Å². The van der Waals surface area contributed by atoms with E-state index >= 15 is 0 Å². The van der Waals surface area contributed by atoms with Gasteiger partial charge in [0.1, 0.15) is 11.5 Å². The van der Waals surface area contributed by atoms with Crippen molar-refractivity contribution in [1.82, 2.24) is 9.88 Å². The fourth-order valence-corrected chi connectivity index (χ4v) is 2.63. The van der Waals surface area contributed by atoms with Gasteiger partial charge in [0.15, 0.2) is 5.78 Å². The Morgan fingerprint density at radius 3 is 2.95 bits per heavy atom. The summed E-state index contributed by atoms with van der Waals surface area (Å²) in [5, 5.41) is 9.21. The first-order valence-corrected chi connectivity index (χ1v) is 7.14. The van der Waals surface area contributed by atoms with E-state index < -0.39 is 5.82 Å². The quantitative estimate of drug-likeness (QED) is 0.825. The third-order valence-corrected chi connectivity index (χ3v) is 3.57. The maximum absolute atomic E-state index is 12.8. The van der Waals surface area contributed by atoms with E-state index in [4.69, 9.17) is 4.74 Å². The Hall–Kier alpha value is -1.37. The molecule has 0 radical (unpaired) electrons. The van der Waals surface area contributed by atoms with E-state index in [0.29, 0.717) is 13.1 Å². The Morgan fingerprint density at radius 1 is 1.57 bits per heavy atom. The Bertz CT molecular complexity index is 480. The molecule has 116 valence electrons. The number of rotatable bonds is 5. The number of morpholine rings is 1. The number of halogens is 1. The lowest BCUT2D eigenvalue weighted by atomic mass is 10.0. The van der Waals surface area contributed by atoms with E-state index in [1.807, 2.05) is 13.8 Å². The molecule has 0 amide bonds. The summed E-state index contributed by atoms with van der Waals surface area (Å²) in [5.41, 5.74) is 0.281. The molecule has 2 rings (SSSR count). The van der Waals surface area contributed by atoms with Crippen LogP contribution in [0, 0.1) is 11.7 Å². The number of ether oxygens (including phenoxy) is 1. The van der Waals surface area contributed by atoms with Gasteiger partial charge in [0, 0.05) is 25.6 Å². The maximum Gasteiger partial charge on any atom is 0.185 e. The van der Waals surface area contributed by atoms with Crippen molar-refractivity contribution in [3.8, 4) is 0 Å². The predicted octanol–water partition coefficient (Wildman–Crippen LogP) is 1.12. The van der Waals surface area contributed by atoms with Gasteiger partial charge in [-0.05, 0) is 19.1 Å². The Balaban J connectivity index is 1.95. The minimum absolute atomic E-state index is 0.0251. The van der Waals surface area contributed by atoms with Crippen molar-refractivity contribution in [2.24, 2.45) is 5.92 Å². The molecule has 0 spiro atoms. The van der Waals surface area contributed by atoms with Gasteiger partial charge in [-0.2, -0.15) is 0 Å². The number of pyridine rings is 1. The molecule has 2 heterocycles. The largest absolute Gasteiger partial charge is 0.394 e. The van der Waals surface area contributed by atoms with E-state index in [1.54, 1.807) is 0 Å². The number of hydrogen-bond acceptors (Lipinski definition) is 5. The molecule has 1 aliphatic heterocycles. The third-order valence-electron chi connectivity index (χ3n) is 3.57. The van der Waals surface area contributed by atoms with Gasteiger partial charge in [0.25, 0.3) is 0 Å². The number of carbonyl (C=O) groups excluding carboxylic acids is 1. The zero-order valence-corrected chi connectivity index (χ0v) is 12.3. The number of hydrogen-bond donors (Lipinski definition) is 1. The highest BCUT2D eigenvalue weighted by Gasteiger charge is 2.27. The highest BCUT2D eigenvalue weighted by molar-refractivity contribution is 5.95. The maximum atomic E-state index is 12.8. The van der Waals surface area contributed by atoms with Gasteiger partial charge in [-0.15, -0.1) is 0 Å². The van der Waals surface area contributed by atoms with E-state index in [-0.39, 0.29) is 36.2 Å². The first kappa shape index (κ1) is 16.0. The smallest absolute Gasteiger partial charge is 0.185 e. The average Bonchev–Trinajstić information content (AvgIpc) is 2.46. The van der Waals surface area contributed by atoms with E-state index in [9.17, 15) is 14.3 Å². The summed E-state index contributed by atoms with van der Waals surface area (Å²) in [6.45, 7) is 5.66. The second-order valence-corrected chi connectivity index (χ2v) is 5.60. The number of carbonyl (C=O) groups is 1. The van der Waals surface area contributed by atoms with Crippen LogP contribution in [0.3, 0.4) is 0 Å². The Morgan fingerprint density at radius 2 is 2.33 bits per heavy atom. The van der Waals surface area contributed by atoms with Crippen molar-refractivity contribution < 1.29 is 19.0 Å². The van der Waals surface area contributed by atoms with Crippen molar-refractivity contribution in [2.45, 2.75) is 26.1 Å². The van der Waals surface area contributed by atoms with Crippen LogP contribution in [-0.4, -0.2) is 59.2 Å². The summed E-state index contributed by atoms with van der Waals surface area (Å²) in [7, 11) is 0. The fraction of sp³-hybridized carbons (Fsp3) is 0.600. The zero-order chi connectivity index (χ0) is 15.4. The lowest BCUT2D eigenvalue weighted by Gasteiger charge is -2.37. The summed E-state index contributed by atoms with van der Waals surface area (Å²) in [5.74, 6) is -0.797. The fourth-order valence-electron chi connectivity index (χ4n) is 2.63. The molecule has 1 N–H and O–H groups in total. The zero-order valence-electron chi connectivity index (χ0n) is 12.3. The van der Waals surface area contributed by atoms with Gasteiger partial charge < -0.3 is 9.84 Å². The highest BCUT2D eigenvalue weighted by atomic mass is 19.1. The standard InChI is InChI=1S/C15H21FN2O3/c1-10(15(20)14-4-3-12(16)5-17-14)6-18-7-11(2)21-13(8-18)9-19/h3-5,10-11,13,19H,6-9H2,1-2H3. The molecule has 3 unspecified atom stereocenters. The van der Waals surface area contributed by atoms with Crippen LogP contribution >= 0.6 is 0 Å². The molecule has 1 saturated heterocycles. The van der Waals surface area contributed by atoms with Crippen LogP contribution in [0.25, 0.3) is 0 Å². The lowest BCUT2D eigenvalue weighted by Crippen LogP contribution is -2.49. The highest BCUT2D eigenvalue weighted by Crippen LogP contribution is 2.15. The van der Waals surface area contributed by atoms with Crippen LogP contribution < -0.4 is 0 Å². The van der Waals surface area contributed by atoms with Crippen molar-refractivity contribution in [2.75, 3.05) is 26.2 Å². The SMILES string of the molecule is CC1CN(CC(C)C(=O)c2ccc(F)cn2)CC(CO)O1. The van der Waals surface area contributed by atoms with Crippen molar-refractivity contribution >= 4 is 5.78 Å².